The Bertz CT molecular complexity index is 695. The molecule has 1 atom stereocenters. The second-order valence-electron chi connectivity index (χ2n) is 8.39. The van der Waals surface area contributed by atoms with Crippen LogP contribution in [-0.4, -0.2) is 74.0 Å². The van der Waals surface area contributed by atoms with Crippen LogP contribution in [0.25, 0.3) is 0 Å². The summed E-state index contributed by atoms with van der Waals surface area (Å²) in [6.45, 7) is 6.21. The first-order valence-electron chi connectivity index (χ1n) is 10.3. The van der Waals surface area contributed by atoms with E-state index in [0.29, 0.717) is 13.1 Å². The van der Waals surface area contributed by atoms with Crippen molar-refractivity contribution < 1.29 is 14.0 Å². The topological polar surface area (TPSA) is 55.9 Å². The first-order valence-corrected chi connectivity index (χ1v) is 10.3. The predicted octanol–water partition coefficient (Wildman–Crippen LogP) is 1.46. The van der Waals surface area contributed by atoms with Crippen molar-refractivity contribution in [2.24, 2.45) is 5.41 Å². The number of amides is 2. The summed E-state index contributed by atoms with van der Waals surface area (Å²) in [7, 11) is 0. The zero-order valence-corrected chi connectivity index (χ0v) is 16.3. The lowest BCUT2D eigenvalue weighted by atomic mass is 9.76. The van der Waals surface area contributed by atoms with Gasteiger partial charge in [-0.25, -0.2) is 4.39 Å². The summed E-state index contributed by atoms with van der Waals surface area (Å²) in [5, 5.41) is 3.21. The number of carbonyl (C=O) groups excluding carboxylic acids is 2. The fraction of sp³-hybridized carbons (Fsp3) is 0.619. The number of anilines is 1. The van der Waals surface area contributed by atoms with Crippen LogP contribution in [0.15, 0.2) is 24.3 Å². The third-order valence-corrected chi connectivity index (χ3v) is 6.72. The number of nitrogens with zero attached hydrogens (tertiary/aromatic N) is 3. The highest BCUT2D eigenvalue weighted by atomic mass is 19.1. The fourth-order valence-corrected chi connectivity index (χ4v) is 4.84. The van der Waals surface area contributed by atoms with E-state index in [2.05, 4.69) is 15.1 Å². The van der Waals surface area contributed by atoms with Crippen LogP contribution in [0.2, 0.25) is 0 Å². The van der Waals surface area contributed by atoms with E-state index in [-0.39, 0.29) is 23.2 Å². The number of piperazine rings is 1. The summed E-state index contributed by atoms with van der Waals surface area (Å²) in [5.41, 5.74) is 0.818. The van der Waals surface area contributed by atoms with Crippen LogP contribution in [0.3, 0.4) is 0 Å². The van der Waals surface area contributed by atoms with Crippen molar-refractivity contribution in [2.75, 3.05) is 50.7 Å². The molecule has 0 aromatic heterocycles. The van der Waals surface area contributed by atoms with E-state index in [1.54, 1.807) is 4.90 Å². The largest absolute Gasteiger partial charge is 0.369 e. The van der Waals surface area contributed by atoms with Gasteiger partial charge in [0.1, 0.15) is 5.82 Å². The summed E-state index contributed by atoms with van der Waals surface area (Å²) < 4.78 is 13.1. The van der Waals surface area contributed by atoms with Crippen molar-refractivity contribution in [1.29, 1.82) is 0 Å². The van der Waals surface area contributed by atoms with Gasteiger partial charge in [-0.15, -0.1) is 0 Å². The third-order valence-electron chi connectivity index (χ3n) is 6.72. The monoisotopic (exact) mass is 388 g/mol. The summed E-state index contributed by atoms with van der Waals surface area (Å²) >= 11 is 0. The zero-order valence-electron chi connectivity index (χ0n) is 16.3. The van der Waals surface area contributed by atoms with Crippen LogP contribution in [0.5, 0.6) is 0 Å². The minimum Gasteiger partial charge on any atom is -0.369 e. The predicted molar refractivity (Wildman–Crippen MR) is 106 cm³/mol. The van der Waals surface area contributed by atoms with Gasteiger partial charge in [0.25, 0.3) is 0 Å². The van der Waals surface area contributed by atoms with Gasteiger partial charge < -0.3 is 15.1 Å². The molecule has 0 saturated carbocycles. The quantitative estimate of drug-likeness (QED) is 0.776. The van der Waals surface area contributed by atoms with Gasteiger partial charge in [0.15, 0.2) is 0 Å². The molecule has 28 heavy (non-hydrogen) atoms. The lowest BCUT2D eigenvalue weighted by Gasteiger charge is -2.37. The molecule has 7 heteroatoms. The molecule has 3 heterocycles. The van der Waals surface area contributed by atoms with E-state index in [1.165, 1.54) is 12.1 Å². The summed E-state index contributed by atoms with van der Waals surface area (Å²) in [5.74, 6) is -0.0141. The molecular weight excluding hydrogens is 359 g/mol. The van der Waals surface area contributed by atoms with E-state index in [1.807, 2.05) is 12.1 Å². The minimum absolute atomic E-state index is 0.184. The Balaban J connectivity index is 1.22. The van der Waals surface area contributed by atoms with E-state index in [9.17, 15) is 14.0 Å². The number of likely N-dealkylation sites (tertiary alicyclic amines) is 1. The van der Waals surface area contributed by atoms with Crippen LogP contribution in [0.4, 0.5) is 10.1 Å². The minimum atomic E-state index is -0.258. The maximum atomic E-state index is 13.1. The van der Waals surface area contributed by atoms with Gasteiger partial charge >= 0.3 is 0 Å². The molecule has 1 aromatic rings. The molecule has 2 amide bonds. The standard InChI is InChI=1S/C21H29FN4O2/c22-17-1-3-19(4-2-17)26-13-11-24(12-14-26)8-5-18-15-21(20(28)23-18)6-9-25(16-27)10-7-21/h1-4,16,18H,5-15H2,(H,23,28)/t18-/m0/s1. The zero-order chi connectivity index (χ0) is 19.6. The molecule has 0 aliphatic carbocycles. The third kappa shape index (κ3) is 3.99. The normalized spacial score (nSPS) is 25.2. The van der Waals surface area contributed by atoms with Gasteiger partial charge in [-0.2, -0.15) is 0 Å². The Hall–Kier alpha value is -2.15. The molecule has 6 nitrogen and oxygen atoms in total. The van der Waals surface area contributed by atoms with Gasteiger partial charge in [-0.1, -0.05) is 0 Å². The van der Waals surface area contributed by atoms with Crippen molar-refractivity contribution in [3.05, 3.63) is 30.1 Å². The molecular formula is C21H29FN4O2. The molecule has 0 unspecified atom stereocenters. The number of piperidine rings is 1. The van der Waals surface area contributed by atoms with Crippen LogP contribution in [0, 0.1) is 11.2 Å². The fourth-order valence-electron chi connectivity index (χ4n) is 4.84. The number of nitrogens with one attached hydrogen (secondary N) is 1. The lowest BCUT2D eigenvalue weighted by Crippen LogP contribution is -2.47. The summed E-state index contributed by atoms with van der Waals surface area (Å²) in [6, 6.07) is 6.95. The van der Waals surface area contributed by atoms with Gasteiger partial charge in [-0.3, -0.25) is 14.5 Å². The molecule has 1 N–H and O–H groups in total. The highest BCUT2D eigenvalue weighted by molar-refractivity contribution is 5.85. The maximum Gasteiger partial charge on any atom is 0.226 e. The molecule has 152 valence electrons. The van der Waals surface area contributed by atoms with Gasteiger partial charge in [0.05, 0.1) is 5.41 Å². The average molecular weight is 388 g/mol. The number of hydrogen-bond acceptors (Lipinski definition) is 4. The van der Waals surface area contributed by atoms with E-state index < -0.39 is 0 Å². The molecule has 1 spiro atoms. The molecule has 4 rings (SSSR count). The number of rotatable bonds is 5. The van der Waals surface area contributed by atoms with Crippen molar-refractivity contribution in [1.82, 2.24) is 15.1 Å². The maximum absolute atomic E-state index is 13.1. The molecule has 3 saturated heterocycles. The van der Waals surface area contributed by atoms with E-state index in [0.717, 1.165) is 70.5 Å². The highest BCUT2D eigenvalue weighted by Crippen LogP contribution is 2.40. The summed E-state index contributed by atoms with van der Waals surface area (Å²) in [4.78, 5) is 30.0. The molecule has 0 bridgehead atoms. The first kappa shape index (κ1) is 19.2. The van der Waals surface area contributed by atoms with Crippen LogP contribution >= 0.6 is 0 Å². The Labute approximate surface area is 165 Å². The van der Waals surface area contributed by atoms with Crippen molar-refractivity contribution >= 4 is 18.0 Å². The Kier molecular flexibility index (Phi) is 5.53. The molecule has 0 radical (unpaired) electrons. The SMILES string of the molecule is O=CN1CCC2(CC1)C[C@H](CCN1CCN(c3ccc(F)cc3)CC1)NC2=O. The van der Waals surface area contributed by atoms with Crippen LogP contribution in [0.1, 0.15) is 25.7 Å². The smallest absolute Gasteiger partial charge is 0.226 e. The Morgan fingerprint density at radius 1 is 1.07 bits per heavy atom. The van der Waals surface area contributed by atoms with Gasteiger partial charge in [0.2, 0.25) is 12.3 Å². The first-order chi connectivity index (χ1) is 13.6. The Morgan fingerprint density at radius 2 is 1.75 bits per heavy atom. The molecule has 3 aliphatic heterocycles. The number of halogens is 1. The molecule has 3 aliphatic rings. The summed E-state index contributed by atoms with van der Waals surface area (Å²) in [6.07, 6.45) is 4.33. The lowest BCUT2D eigenvalue weighted by molar-refractivity contribution is -0.132. The number of carbonyl (C=O) groups is 2. The van der Waals surface area contributed by atoms with Crippen LogP contribution in [-0.2, 0) is 9.59 Å². The highest BCUT2D eigenvalue weighted by Gasteiger charge is 2.47. The molecule has 1 aromatic carbocycles. The number of hydrogen-bond donors (Lipinski definition) is 1. The van der Waals surface area contributed by atoms with E-state index in [4.69, 9.17) is 0 Å². The van der Waals surface area contributed by atoms with Gasteiger partial charge in [0, 0.05) is 57.5 Å². The van der Waals surface area contributed by atoms with Crippen LogP contribution < -0.4 is 10.2 Å². The van der Waals surface area contributed by atoms with Crippen molar-refractivity contribution in [2.45, 2.75) is 31.7 Å². The van der Waals surface area contributed by atoms with Crippen molar-refractivity contribution in [3.8, 4) is 0 Å². The van der Waals surface area contributed by atoms with Gasteiger partial charge in [-0.05, 0) is 49.9 Å². The van der Waals surface area contributed by atoms with Crippen molar-refractivity contribution in [3.63, 3.8) is 0 Å². The average Bonchev–Trinajstić information content (AvgIpc) is 3.03. The second-order valence-corrected chi connectivity index (χ2v) is 8.39. The van der Waals surface area contributed by atoms with E-state index >= 15 is 0 Å². The Morgan fingerprint density at radius 3 is 2.39 bits per heavy atom. The number of benzene rings is 1. The second kappa shape index (κ2) is 8.07. The molecule has 3 fully saturated rings.